The maximum Gasteiger partial charge on any atom is 0.248 e. The van der Waals surface area contributed by atoms with Crippen molar-refractivity contribution in [1.82, 2.24) is 0 Å². The van der Waals surface area contributed by atoms with Crippen molar-refractivity contribution in [3.63, 3.8) is 0 Å². The standard InChI is InChI=1S/C8H13F2NO/c9-8(10)2-1-6(4-8)3-7(12)5-11/h6H,1-5,11H2. The summed E-state index contributed by atoms with van der Waals surface area (Å²) in [4.78, 5) is 10.8. The second-order valence-corrected chi connectivity index (χ2v) is 3.41. The highest BCUT2D eigenvalue weighted by atomic mass is 19.3. The van der Waals surface area contributed by atoms with E-state index in [1.807, 2.05) is 0 Å². The topological polar surface area (TPSA) is 43.1 Å². The van der Waals surface area contributed by atoms with Gasteiger partial charge in [0.05, 0.1) is 6.54 Å². The van der Waals surface area contributed by atoms with Crippen LogP contribution in [0, 0.1) is 5.92 Å². The summed E-state index contributed by atoms with van der Waals surface area (Å²) in [5.41, 5.74) is 5.08. The Morgan fingerprint density at radius 3 is 2.67 bits per heavy atom. The maximum atomic E-state index is 12.6. The van der Waals surface area contributed by atoms with E-state index in [1.165, 1.54) is 0 Å². The summed E-state index contributed by atoms with van der Waals surface area (Å²) in [6.45, 7) is -0.0257. The first kappa shape index (κ1) is 9.58. The van der Waals surface area contributed by atoms with Gasteiger partial charge in [-0.2, -0.15) is 0 Å². The first-order valence-electron chi connectivity index (χ1n) is 4.13. The van der Waals surface area contributed by atoms with Crippen LogP contribution in [0.1, 0.15) is 25.7 Å². The molecule has 0 saturated heterocycles. The van der Waals surface area contributed by atoms with E-state index in [-0.39, 0.29) is 37.5 Å². The number of alkyl halides is 2. The van der Waals surface area contributed by atoms with Gasteiger partial charge in [0.2, 0.25) is 5.92 Å². The number of hydrogen-bond donors (Lipinski definition) is 1. The highest BCUT2D eigenvalue weighted by Crippen LogP contribution is 2.40. The van der Waals surface area contributed by atoms with Crippen LogP contribution in [0.2, 0.25) is 0 Å². The van der Waals surface area contributed by atoms with Crippen LogP contribution < -0.4 is 5.73 Å². The fraction of sp³-hybridized carbons (Fsp3) is 0.875. The number of Topliss-reactive ketones (excluding diaryl/α,β-unsaturated/α-hetero) is 1. The Kier molecular flexibility index (Phi) is 2.77. The molecule has 12 heavy (non-hydrogen) atoms. The number of carbonyl (C=O) groups is 1. The summed E-state index contributed by atoms with van der Waals surface area (Å²) < 4.78 is 25.2. The minimum absolute atomic E-state index is 0.0257. The lowest BCUT2D eigenvalue weighted by molar-refractivity contribution is -0.118. The molecule has 0 bridgehead atoms. The van der Waals surface area contributed by atoms with Crippen molar-refractivity contribution in [1.29, 1.82) is 0 Å². The highest BCUT2D eigenvalue weighted by Gasteiger charge is 2.39. The molecule has 0 spiro atoms. The molecule has 1 fully saturated rings. The van der Waals surface area contributed by atoms with E-state index in [0.29, 0.717) is 6.42 Å². The summed E-state index contributed by atoms with van der Waals surface area (Å²) in [5.74, 6) is -2.80. The molecule has 1 rings (SSSR count). The molecule has 1 unspecified atom stereocenters. The average Bonchev–Trinajstić information content (AvgIpc) is 2.30. The first-order valence-corrected chi connectivity index (χ1v) is 4.13. The Balaban J connectivity index is 2.33. The van der Waals surface area contributed by atoms with Crippen molar-refractivity contribution in [3.05, 3.63) is 0 Å². The van der Waals surface area contributed by atoms with Crippen LogP contribution >= 0.6 is 0 Å². The molecule has 0 radical (unpaired) electrons. The third-order valence-corrected chi connectivity index (χ3v) is 2.25. The summed E-state index contributed by atoms with van der Waals surface area (Å²) in [6.07, 6.45) is 0.471. The van der Waals surface area contributed by atoms with Crippen LogP contribution in [0.25, 0.3) is 0 Å². The van der Waals surface area contributed by atoms with E-state index in [1.54, 1.807) is 0 Å². The van der Waals surface area contributed by atoms with Crippen molar-refractivity contribution in [3.8, 4) is 0 Å². The van der Waals surface area contributed by atoms with Gasteiger partial charge in [0, 0.05) is 19.3 Å². The molecule has 4 heteroatoms. The first-order chi connectivity index (χ1) is 5.53. The van der Waals surface area contributed by atoms with Gasteiger partial charge in [-0.3, -0.25) is 4.79 Å². The Morgan fingerprint density at radius 2 is 2.25 bits per heavy atom. The summed E-state index contributed by atoms with van der Waals surface area (Å²) in [7, 11) is 0. The number of ketones is 1. The van der Waals surface area contributed by atoms with Gasteiger partial charge in [0.1, 0.15) is 5.78 Å². The number of rotatable bonds is 3. The largest absolute Gasteiger partial charge is 0.324 e. The Labute approximate surface area is 70.1 Å². The van der Waals surface area contributed by atoms with Crippen molar-refractivity contribution >= 4 is 5.78 Å². The lowest BCUT2D eigenvalue weighted by Crippen LogP contribution is -2.17. The Morgan fingerprint density at radius 1 is 1.58 bits per heavy atom. The number of hydrogen-bond acceptors (Lipinski definition) is 2. The lowest BCUT2D eigenvalue weighted by Gasteiger charge is -2.08. The van der Waals surface area contributed by atoms with Gasteiger partial charge >= 0.3 is 0 Å². The third-order valence-electron chi connectivity index (χ3n) is 2.25. The van der Waals surface area contributed by atoms with Crippen LogP contribution in [-0.4, -0.2) is 18.3 Å². The molecule has 1 aliphatic carbocycles. The summed E-state index contributed by atoms with van der Waals surface area (Å²) >= 11 is 0. The fourth-order valence-electron chi connectivity index (χ4n) is 1.62. The van der Waals surface area contributed by atoms with Crippen LogP contribution in [0.4, 0.5) is 8.78 Å². The molecule has 2 N–H and O–H groups in total. The van der Waals surface area contributed by atoms with Gasteiger partial charge in [-0.05, 0) is 12.3 Å². The van der Waals surface area contributed by atoms with Crippen molar-refractivity contribution in [2.45, 2.75) is 31.6 Å². The molecule has 0 aromatic heterocycles. The van der Waals surface area contributed by atoms with Crippen LogP contribution in [-0.2, 0) is 4.79 Å². The van der Waals surface area contributed by atoms with E-state index < -0.39 is 5.92 Å². The van der Waals surface area contributed by atoms with E-state index in [9.17, 15) is 13.6 Å². The molecule has 2 nitrogen and oxygen atoms in total. The van der Waals surface area contributed by atoms with Crippen molar-refractivity contribution in [2.75, 3.05) is 6.54 Å². The third kappa shape index (κ3) is 2.52. The van der Waals surface area contributed by atoms with Gasteiger partial charge < -0.3 is 5.73 Å². The van der Waals surface area contributed by atoms with Crippen LogP contribution in [0.15, 0.2) is 0 Å². The monoisotopic (exact) mass is 177 g/mol. The van der Waals surface area contributed by atoms with E-state index in [2.05, 4.69) is 0 Å². The molecule has 1 saturated carbocycles. The zero-order valence-corrected chi connectivity index (χ0v) is 6.85. The van der Waals surface area contributed by atoms with Gasteiger partial charge in [-0.15, -0.1) is 0 Å². The molecule has 1 atom stereocenters. The van der Waals surface area contributed by atoms with Crippen LogP contribution in [0.5, 0.6) is 0 Å². The zero-order chi connectivity index (χ0) is 9.19. The SMILES string of the molecule is NCC(=O)CC1CCC(F)(F)C1. The molecule has 0 amide bonds. The predicted octanol–water partition coefficient (Wildman–Crippen LogP) is 1.34. The second kappa shape index (κ2) is 3.47. The van der Waals surface area contributed by atoms with Gasteiger partial charge in [-0.1, -0.05) is 0 Å². The molecule has 1 aliphatic rings. The highest BCUT2D eigenvalue weighted by molar-refractivity contribution is 5.80. The normalized spacial score (nSPS) is 27.4. The van der Waals surface area contributed by atoms with E-state index in [0.717, 1.165) is 0 Å². The summed E-state index contributed by atoms with van der Waals surface area (Å²) in [6, 6.07) is 0. The quantitative estimate of drug-likeness (QED) is 0.706. The Hall–Kier alpha value is -0.510. The number of halogens is 2. The second-order valence-electron chi connectivity index (χ2n) is 3.41. The average molecular weight is 177 g/mol. The Bertz CT molecular complexity index is 182. The van der Waals surface area contributed by atoms with Crippen molar-refractivity contribution in [2.24, 2.45) is 11.7 Å². The maximum absolute atomic E-state index is 12.6. The van der Waals surface area contributed by atoms with Gasteiger partial charge in [0.15, 0.2) is 0 Å². The molecule has 0 heterocycles. The smallest absolute Gasteiger partial charge is 0.248 e. The van der Waals surface area contributed by atoms with E-state index in [4.69, 9.17) is 5.73 Å². The molecular formula is C8H13F2NO. The molecule has 0 aromatic carbocycles. The minimum atomic E-state index is -2.54. The number of nitrogens with two attached hydrogens (primary N) is 1. The molecule has 0 aliphatic heterocycles. The molecular weight excluding hydrogens is 164 g/mol. The zero-order valence-electron chi connectivity index (χ0n) is 6.85. The molecule has 70 valence electrons. The molecule has 0 aromatic rings. The van der Waals surface area contributed by atoms with Crippen molar-refractivity contribution < 1.29 is 13.6 Å². The fourth-order valence-corrected chi connectivity index (χ4v) is 1.62. The van der Waals surface area contributed by atoms with E-state index >= 15 is 0 Å². The lowest BCUT2D eigenvalue weighted by atomic mass is 10.0. The summed E-state index contributed by atoms with van der Waals surface area (Å²) in [5, 5.41) is 0. The predicted molar refractivity (Wildman–Crippen MR) is 41.0 cm³/mol. The minimum Gasteiger partial charge on any atom is -0.324 e. The van der Waals surface area contributed by atoms with Gasteiger partial charge in [-0.25, -0.2) is 8.78 Å². The van der Waals surface area contributed by atoms with Gasteiger partial charge in [0.25, 0.3) is 0 Å². The van der Waals surface area contributed by atoms with Crippen LogP contribution in [0.3, 0.4) is 0 Å². The number of carbonyl (C=O) groups excluding carboxylic acids is 1.